The van der Waals surface area contributed by atoms with Crippen molar-refractivity contribution in [3.8, 4) is 0 Å². The summed E-state index contributed by atoms with van der Waals surface area (Å²) in [5.74, 6) is -0.112. The maximum Gasteiger partial charge on any atom is 0.297 e. The zero-order valence-corrected chi connectivity index (χ0v) is 10.4. The van der Waals surface area contributed by atoms with Crippen molar-refractivity contribution in [1.82, 2.24) is 0 Å². The van der Waals surface area contributed by atoms with Crippen LogP contribution in [0.1, 0.15) is 0 Å². The summed E-state index contributed by atoms with van der Waals surface area (Å²) >= 11 is 0. The van der Waals surface area contributed by atoms with Crippen LogP contribution in [0.5, 0.6) is 0 Å². The first-order valence-corrected chi connectivity index (χ1v) is 8.00. The summed E-state index contributed by atoms with van der Waals surface area (Å²) in [6, 6.07) is 7.73. The van der Waals surface area contributed by atoms with E-state index in [1.54, 1.807) is 18.2 Å². The molecule has 5 nitrogen and oxygen atoms in total. The van der Waals surface area contributed by atoms with E-state index in [4.69, 9.17) is 4.18 Å². The molecule has 2 rings (SSSR count). The molecule has 0 spiro atoms. The number of rotatable bonds is 3. The molecule has 0 saturated heterocycles. The Kier molecular flexibility index (Phi) is 3.28. The molecule has 0 fully saturated rings. The molecular formula is C10H12O5S2. The van der Waals surface area contributed by atoms with Crippen molar-refractivity contribution in [1.29, 1.82) is 0 Å². The zero-order chi connectivity index (χ0) is 12.5. The molecule has 1 aliphatic rings. The van der Waals surface area contributed by atoms with Crippen LogP contribution in [0, 0.1) is 0 Å². The van der Waals surface area contributed by atoms with E-state index in [0.717, 1.165) is 0 Å². The van der Waals surface area contributed by atoms with E-state index in [9.17, 15) is 17.5 Å². The Bertz CT molecular complexity index is 521. The fourth-order valence-corrected chi connectivity index (χ4v) is 3.78. The smallest absolute Gasteiger partial charge is 0.295 e. The van der Waals surface area contributed by atoms with Crippen molar-refractivity contribution in [2.45, 2.75) is 11.0 Å². The highest BCUT2D eigenvalue weighted by Crippen LogP contribution is 2.46. The summed E-state index contributed by atoms with van der Waals surface area (Å²) in [6.45, 7) is 0. The Balaban J connectivity index is 2.13. The first kappa shape index (κ1) is 12.6. The van der Waals surface area contributed by atoms with Crippen molar-refractivity contribution in [3.63, 3.8) is 0 Å². The third-order valence-corrected chi connectivity index (χ3v) is 4.97. The SMILES string of the molecule is O=S(=O)(O[C@@H]1C=CS(O)(O)C1)c1ccccc1. The molecule has 0 amide bonds. The summed E-state index contributed by atoms with van der Waals surface area (Å²) in [4.78, 5) is 0.0526. The Morgan fingerprint density at radius 2 is 1.88 bits per heavy atom. The van der Waals surface area contributed by atoms with Gasteiger partial charge in [-0.1, -0.05) is 18.2 Å². The van der Waals surface area contributed by atoms with Crippen LogP contribution in [0.25, 0.3) is 0 Å². The summed E-state index contributed by atoms with van der Waals surface area (Å²) in [5.41, 5.74) is 0. The lowest BCUT2D eigenvalue weighted by Gasteiger charge is -2.24. The van der Waals surface area contributed by atoms with Gasteiger partial charge in [0.25, 0.3) is 10.1 Å². The molecule has 0 bridgehead atoms. The second-order valence-corrected chi connectivity index (χ2v) is 7.23. The largest absolute Gasteiger partial charge is 0.297 e. The van der Waals surface area contributed by atoms with Crippen LogP contribution in [0.4, 0.5) is 0 Å². The molecule has 0 aromatic heterocycles. The minimum Gasteiger partial charge on any atom is -0.295 e. The van der Waals surface area contributed by atoms with Gasteiger partial charge in [0, 0.05) is 5.41 Å². The van der Waals surface area contributed by atoms with Crippen molar-refractivity contribution < 1.29 is 21.7 Å². The lowest BCUT2D eigenvalue weighted by Crippen LogP contribution is -2.19. The van der Waals surface area contributed by atoms with E-state index in [1.807, 2.05) is 0 Å². The van der Waals surface area contributed by atoms with Crippen LogP contribution >= 0.6 is 10.6 Å². The normalized spacial score (nSPS) is 24.7. The number of benzene rings is 1. The van der Waals surface area contributed by atoms with Crippen LogP contribution in [-0.2, 0) is 14.3 Å². The monoisotopic (exact) mass is 276 g/mol. The van der Waals surface area contributed by atoms with E-state index < -0.39 is 26.8 Å². The molecule has 0 unspecified atom stereocenters. The van der Waals surface area contributed by atoms with Gasteiger partial charge in [-0.05, 0) is 18.2 Å². The molecule has 1 aromatic rings. The second-order valence-electron chi connectivity index (χ2n) is 3.61. The van der Waals surface area contributed by atoms with Gasteiger partial charge in [0.1, 0.15) is 6.10 Å². The Morgan fingerprint density at radius 3 is 2.41 bits per heavy atom. The predicted octanol–water partition coefficient (Wildman–Crippen LogP) is 2.04. The van der Waals surface area contributed by atoms with Gasteiger partial charge in [0.2, 0.25) is 0 Å². The molecule has 17 heavy (non-hydrogen) atoms. The molecule has 0 saturated carbocycles. The van der Waals surface area contributed by atoms with E-state index in [1.165, 1.54) is 23.6 Å². The van der Waals surface area contributed by atoms with Gasteiger partial charge in [0.05, 0.1) is 10.6 Å². The molecular weight excluding hydrogens is 264 g/mol. The van der Waals surface area contributed by atoms with E-state index >= 15 is 0 Å². The quantitative estimate of drug-likeness (QED) is 0.825. The van der Waals surface area contributed by atoms with E-state index in [0.29, 0.717) is 0 Å². The minimum atomic E-state index is -3.85. The lowest BCUT2D eigenvalue weighted by atomic mass is 10.4. The van der Waals surface area contributed by atoms with Gasteiger partial charge in [0.15, 0.2) is 0 Å². The van der Waals surface area contributed by atoms with Gasteiger partial charge >= 0.3 is 0 Å². The van der Waals surface area contributed by atoms with E-state index in [-0.39, 0.29) is 10.6 Å². The molecule has 94 valence electrons. The number of hydrogen-bond donors (Lipinski definition) is 2. The first-order valence-electron chi connectivity index (χ1n) is 4.81. The lowest BCUT2D eigenvalue weighted by molar-refractivity contribution is 0.277. The van der Waals surface area contributed by atoms with Gasteiger partial charge in [-0.15, -0.1) is 0 Å². The summed E-state index contributed by atoms with van der Waals surface area (Å²) < 4.78 is 47.1. The average molecular weight is 276 g/mol. The topological polar surface area (TPSA) is 83.8 Å². The summed E-state index contributed by atoms with van der Waals surface area (Å²) in [5, 5.41) is 1.19. The molecule has 7 heteroatoms. The Morgan fingerprint density at radius 1 is 1.24 bits per heavy atom. The molecule has 2 N–H and O–H groups in total. The minimum absolute atomic E-state index is 0.0526. The van der Waals surface area contributed by atoms with Gasteiger partial charge in [-0.3, -0.25) is 13.3 Å². The molecule has 1 heterocycles. The summed E-state index contributed by atoms with van der Waals surface area (Å²) in [7, 11) is -6.67. The number of hydrogen-bond acceptors (Lipinski definition) is 5. The maximum absolute atomic E-state index is 11.8. The van der Waals surface area contributed by atoms with Crippen molar-refractivity contribution >= 4 is 20.7 Å². The molecule has 1 atom stereocenters. The summed E-state index contributed by atoms with van der Waals surface area (Å²) in [6.07, 6.45) is 0.542. The fraction of sp³-hybridized carbons (Fsp3) is 0.200. The first-order chi connectivity index (χ1) is 7.89. The predicted molar refractivity (Wildman–Crippen MR) is 65.4 cm³/mol. The zero-order valence-electron chi connectivity index (χ0n) is 8.76. The van der Waals surface area contributed by atoms with Gasteiger partial charge in [-0.25, -0.2) is 0 Å². The van der Waals surface area contributed by atoms with Crippen LogP contribution in [0.3, 0.4) is 0 Å². The van der Waals surface area contributed by atoms with Gasteiger partial charge in [-0.2, -0.15) is 19.0 Å². The third-order valence-electron chi connectivity index (χ3n) is 2.20. The molecule has 1 aliphatic heterocycles. The molecule has 0 radical (unpaired) electrons. The third kappa shape index (κ3) is 3.08. The van der Waals surface area contributed by atoms with Gasteiger partial charge < -0.3 is 0 Å². The van der Waals surface area contributed by atoms with Crippen LogP contribution in [0.15, 0.2) is 46.7 Å². The average Bonchev–Trinajstić information content (AvgIpc) is 2.58. The van der Waals surface area contributed by atoms with Crippen LogP contribution in [-0.4, -0.2) is 29.4 Å². The van der Waals surface area contributed by atoms with Crippen LogP contribution < -0.4 is 0 Å². The fourth-order valence-electron chi connectivity index (χ4n) is 1.43. The highest BCUT2D eigenvalue weighted by molar-refractivity contribution is 8.27. The van der Waals surface area contributed by atoms with Crippen molar-refractivity contribution in [2.75, 3.05) is 5.75 Å². The van der Waals surface area contributed by atoms with Crippen molar-refractivity contribution in [2.24, 2.45) is 0 Å². The molecule has 0 aliphatic carbocycles. The highest BCUT2D eigenvalue weighted by Gasteiger charge is 2.28. The van der Waals surface area contributed by atoms with Crippen molar-refractivity contribution in [3.05, 3.63) is 41.8 Å². The van der Waals surface area contributed by atoms with E-state index in [2.05, 4.69) is 0 Å². The maximum atomic E-state index is 11.8. The second kappa shape index (κ2) is 4.43. The Labute approximate surface area is 101 Å². The van der Waals surface area contributed by atoms with Crippen LogP contribution in [0.2, 0.25) is 0 Å². The Hall–Kier alpha value is -0.860. The highest BCUT2D eigenvalue weighted by atomic mass is 32.3. The standard InChI is InChI=1S/C10H12O5S2/c11-16(12)7-6-9(8-16)15-17(13,14)10-4-2-1-3-5-10/h1-7,9,11-12H,8H2/t9-/m1/s1. The molecule has 1 aromatic carbocycles.